The van der Waals surface area contributed by atoms with Crippen molar-refractivity contribution >= 4 is 28.5 Å². The quantitative estimate of drug-likeness (QED) is 0.547. The molecule has 2 amide bonds. The molecule has 0 saturated carbocycles. The number of anilines is 1. The Labute approximate surface area is 181 Å². The number of amides is 2. The van der Waals surface area contributed by atoms with Gasteiger partial charge in [0.2, 0.25) is 11.8 Å². The third kappa shape index (κ3) is 4.50. The number of rotatable bonds is 7. The second-order valence-electron chi connectivity index (χ2n) is 8.37. The molecule has 1 heterocycles. The second kappa shape index (κ2) is 8.71. The van der Waals surface area contributed by atoms with E-state index in [4.69, 9.17) is 5.73 Å². The Morgan fingerprint density at radius 2 is 1.68 bits per heavy atom. The number of carbonyl (C=O) groups is 2. The molecule has 4 rings (SSSR count). The minimum Gasteiger partial charge on any atom is -0.368 e. The first kappa shape index (κ1) is 20.8. The van der Waals surface area contributed by atoms with Gasteiger partial charge in [-0.05, 0) is 42.0 Å². The lowest BCUT2D eigenvalue weighted by Crippen LogP contribution is -2.40. The predicted molar refractivity (Wildman–Crippen MR) is 120 cm³/mol. The van der Waals surface area contributed by atoms with Crippen molar-refractivity contribution in [1.29, 1.82) is 0 Å². The normalized spacial score (nSPS) is 14.4. The molecule has 1 aliphatic rings. The number of nitrogens with two attached hydrogens (primary N) is 1. The van der Waals surface area contributed by atoms with Gasteiger partial charge in [-0.3, -0.25) is 9.59 Å². The first-order valence-corrected chi connectivity index (χ1v) is 10.6. The first-order valence-electron chi connectivity index (χ1n) is 10.6. The maximum Gasteiger partial charge on any atom is 0.240 e. The van der Waals surface area contributed by atoms with E-state index in [1.165, 1.54) is 11.1 Å². The van der Waals surface area contributed by atoms with Gasteiger partial charge in [-0.2, -0.15) is 0 Å². The fourth-order valence-corrected chi connectivity index (χ4v) is 4.08. The van der Waals surface area contributed by atoms with Crippen molar-refractivity contribution in [1.82, 2.24) is 15.3 Å². The van der Waals surface area contributed by atoms with Crippen LogP contribution in [0.5, 0.6) is 0 Å². The van der Waals surface area contributed by atoms with Crippen LogP contribution >= 0.6 is 0 Å². The lowest BCUT2D eigenvalue weighted by molar-refractivity contribution is -0.125. The Morgan fingerprint density at radius 3 is 2.32 bits per heavy atom. The van der Waals surface area contributed by atoms with Gasteiger partial charge in [0.1, 0.15) is 11.9 Å². The lowest BCUT2D eigenvalue weighted by Gasteiger charge is -2.21. The van der Waals surface area contributed by atoms with Gasteiger partial charge in [0.15, 0.2) is 5.82 Å². The van der Waals surface area contributed by atoms with Gasteiger partial charge in [0, 0.05) is 11.3 Å². The zero-order valence-electron chi connectivity index (χ0n) is 17.8. The number of hydrogen-bond donors (Lipinski definition) is 3. The van der Waals surface area contributed by atoms with Crippen molar-refractivity contribution < 1.29 is 9.59 Å². The van der Waals surface area contributed by atoms with Gasteiger partial charge < -0.3 is 16.4 Å². The van der Waals surface area contributed by atoms with Gasteiger partial charge in [0.25, 0.3) is 0 Å². The third-order valence-corrected chi connectivity index (χ3v) is 5.76. The van der Waals surface area contributed by atoms with E-state index in [-0.39, 0.29) is 24.3 Å². The van der Waals surface area contributed by atoms with E-state index in [1.807, 2.05) is 50.2 Å². The number of nitrogens with one attached hydrogen (secondary N) is 2. The van der Waals surface area contributed by atoms with Crippen LogP contribution in [0.15, 0.2) is 48.5 Å². The molecule has 1 aliphatic carbocycles. The molecule has 0 fully saturated rings. The van der Waals surface area contributed by atoms with Crippen molar-refractivity contribution in [2.24, 2.45) is 17.6 Å². The second-order valence-corrected chi connectivity index (χ2v) is 8.37. The Morgan fingerprint density at radius 1 is 1.03 bits per heavy atom. The zero-order valence-corrected chi connectivity index (χ0v) is 17.8. The Bertz CT molecular complexity index is 1100. The number of hydrogen-bond acceptors (Lipinski definition) is 5. The van der Waals surface area contributed by atoms with Gasteiger partial charge >= 0.3 is 0 Å². The highest BCUT2D eigenvalue weighted by Crippen LogP contribution is 2.27. The van der Waals surface area contributed by atoms with Crippen LogP contribution in [0.2, 0.25) is 0 Å². The van der Waals surface area contributed by atoms with Gasteiger partial charge in [0.05, 0.1) is 12.1 Å². The Kier molecular flexibility index (Phi) is 5.84. The first-order chi connectivity index (χ1) is 14.9. The monoisotopic (exact) mass is 417 g/mol. The molecule has 0 aliphatic heterocycles. The van der Waals surface area contributed by atoms with Crippen LogP contribution in [0.3, 0.4) is 0 Å². The molecule has 3 aromatic rings. The predicted octanol–water partition coefficient (Wildman–Crippen LogP) is 2.58. The number of carbonyl (C=O) groups excluding carboxylic acids is 2. The summed E-state index contributed by atoms with van der Waals surface area (Å²) in [4.78, 5) is 33.8. The molecule has 4 N–H and O–H groups in total. The standard InChI is InChI=1S/C24H27N5O2/c1-14(2)21(22(25)30)29-23-18-9-5-6-10-19(18)27-20(28-23)13-26-24(31)17-11-15-7-3-4-8-16(15)12-17/h3-10,14,17,21H,11-13H2,1-2H3,(H2,25,30)(H,26,31)(H,27,28,29)/t21-/m0/s1. The molecule has 0 unspecified atom stereocenters. The summed E-state index contributed by atoms with van der Waals surface area (Å²) in [5.74, 6) is 0.514. The molecule has 0 radical (unpaired) electrons. The summed E-state index contributed by atoms with van der Waals surface area (Å²) in [7, 11) is 0. The van der Waals surface area contributed by atoms with Crippen LogP contribution in [-0.2, 0) is 29.0 Å². The van der Waals surface area contributed by atoms with E-state index in [2.05, 4.69) is 32.7 Å². The number of nitrogens with zero attached hydrogens (tertiary/aromatic N) is 2. The van der Waals surface area contributed by atoms with Crippen molar-refractivity contribution in [3.8, 4) is 0 Å². The molecule has 7 heteroatoms. The van der Waals surface area contributed by atoms with E-state index in [0.717, 1.165) is 23.7 Å². The van der Waals surface area contributed by atoms with Crippen LogP contribution in [0, 0.1) is 11.8 Å². The topological polar surface area (TPSA) is 110 Å². The maximum atomic E-state index is 12.7. The number of primary amides is 1. The van der Waals surface area contributed by atoms with E-state index in [0.29, 0.717) is 11.6 Å². The smallest absolute Gasteiger partial charge is 0.240 e. The molecule has 2 aromatic carbocycles. The van der Waals surface area contributed by atoms with Crippen LogP contribution in [0.25, 0.3) is 10.9 Å². The van der Waals surface area contributed by atoms with Crippen molar-refractivity contribution in [2.45, 2.75) is 39.3 Å². The van der Waals surface area contributed by atoms with E-state index in [9.17, 15) is 9.59 Å². The average Bonchev–Trinajstić information content (AvgIpc) is 3.19. The SMILES string of the molecule is CC(C)[C@H](Nc1nc(CNC(=O)C2Cc3ccccc3C2)nc2ccccc12)C(N)=O. The minimum absolute atomic E-state index is 0.000314. The average molecular weight is 418 g/mol. The zero-order chi connectivity index (χ0) is 22.0. The van der Waals surface area contributed by atoms with E-state index < -0.39 is 11.9 Å². The molecule has 0 bridgehead atoms. The lowest BCUT2D eigenvalue weighted by atomic mass is 10.0. The summed E-state index contributed by atoms with van der Waals surface area (Å²) in [5.41, 5.74) is 8.79. The number of benzene rings is 2. The van der Waals surface area contributed by atoms with Crippen molar-refractivity contribution in [3.63, 3.8) is 0 Å². The molecule has 0 saturated heterocycles. The fourth-order valence-electron chi connectivity index (χ4n) is 4.08. The van der Waals surface area contributed by atoms with E-state index >= 15 is 0 Å². The fraction of sp³-hybridized carbons (Fsp3) is 0.333. The van der Waals surface area contributed by atoms with Crippen LogP contribution in [-0.4, -0.2) is 27.8 Å². The highest BCUT2D eigenvalue weighted by molar-refractivity contribution is 5.92. The summed E-state index contributed by atoms with van der Waals surface area (Å²) in [6.45, 7) is 4.06. The summed E-state index contributed by atoms with van der Waals surface area (Å²) < 4.78 is 0. The van der Waals surface area contributed by atoms with Gasteiger partial charge in [-0.1, -0.05) is 50.2 Å². The highest BCUT2D eigenvalue weighted by atomic mass is 16.2. The number of fused-ring (bicyclic) bond motifs is 2. The van der Waals surface area contributed by atoms with Gasteiger partial charge in [-0.25, -0.2) is 9.97 Å². The Balaban J connectivity index is 1.51. The maximum absolute atomic E-state index is 12.7. The van der Waals surface area contributed by atoms with Crippen LogP contribution in [0.1, 0.15) is 30.8 Å². The highest BCUT2D eigenvalue weighted by Gasteiger charge is 2.27. The number of aromatic nitrogens is 2. The summed E-state index contributed by atoms with van der Waals surface area (Å²) in [5, 5.41) is 6.96. The minimum atomic E-state index is -0.558. The molecule has 0 spiro atoms. The van der Waals surface area contributed by atoms with Gasteiger partial charge in [-0.15, -0.1) is 0 Å². The summed E-state index contributed by atoms with van der Waals surface area (Å²) >= 11 is 0. The largest absolute Gasteiger partial charge is 0.368 e. The summed E-state index contributed by atoms with van der Waals surface area (Å²) in [6.07, 6.45) is 1.50. The summed E-state index contributed by atoms with van der Waals surface area (Å²) in [6, 6.07) is 15.2. The molecule has 31 heavy (non-hydrogen) atoms. The third-order valence-electron chi connectivity index (χ3n) is 5.76. The van der Waals surface area contributed by atoms with E-state index in [1.54, 1.807) is 0 Å². The molecule has 1 atom stereocenters. The molecular weight excluding hydrogens is 390 g/mol. The molecule has 1 aromatic heterocycles. The van der Waals surface area contributed by atoms with Crippen LogP contribution in [0.4, 0.5) is 5.82 Å². The van der Waals surface area contributed by atoms with Crippen LogP contribution < -0.4 is 16.4 Å². The number of para-hydroxylation sites is 1. The molecule has 160 valence electrons. The molecule has 7 nitrogen and oxygen atoms in total. The molecular formula is C24H27N5O2. The van der Waals surface area contributed by atoms with Crippen molar-refractivity contribution in [2.75, 3.05) is 5.32 Å². The Hall–Kier alpha value is -3.48. The van der Waals surface area contributed by atoms with Crippen molar-refractivity contribution in [3.05, 3.63) is 65.5 Å².